The molecule has 7 heteroatoms. The minimum Gasteiger partial charge on any atom is -0.338 e. The highest BCUT2D eigenvalue weighted by molar-refractivity contribution is 5.91. The fourth-order valence-electron chi connectivity index (χ4n) is 2.78. The van der Waals surface area contributed by atoms with Crippen LogP contribution in [0.2, 0.25) is 0 Å². The van der Waals surface area contributed by atoms with Crippen molar-refractivity contribution < 1.29 is 9.32 Å². The fourth-order valence-corrected chi connectivity index (χ4v) is 2.78. The number of rotatable bonds is 4. The van der Waals surface area contributed by atoms with Crippen molar-refractivity contribution >= 4 is 11.7 Å². The Balaban J connectivity index is 1.56. The van der Waals surface area contributed by atoms with Gasteiger partial charge < -0.3 is 9.84 Å². The summed E-state index contributed by atoms with van der Waals surface area (Å²) < 4.78 is 5.16. The molecule has 7 nitrogen and oxygen atoms in total. The van der Waals surface area contributed by atoms with Crippen molar-refractivity contribution in [2.75, 3.05) is 18.4 Å². The predicted octanol–water partition coefficient (Wildman–Crippen LogP) is 1.93. The summed E-state index contributed by atoms with van der Waals surface area (Å²) >= 11 is 0. The number of piperidine rings is 1. The molecular weight excluding hydrogens is 294 g/mol. The topological polar surface area (TPSA) is 84.2 Å². The van der Waals surface area contributed by atoms with Crippen molar-refractivity contribution in [2.24, 2.45) is 5.92 Å². The molecule has 2 aromatic rings. The molecule has 0 spiro atoms. The Morgan fingerprint density at radius 1 is 1.43 bits per heavy atom. The minimum atomic E-state index is -0.0455. The molecule has 3 rings (SSSR count). The van der Waals surface area contributed by atoms with E-state index in [9.17, 15) is 4.79 Å². The first-order valence-corrected chi connectivity index (χ1v) is 7.85. The third-order valence-electron chi connectivity index (χ3n) is 3.97. The first-order valence-electron chi connectivity index (χ1n) is 7.85. The van der Waals surface area contributed by atoms with Crippen molar-refractivity contribution in [3.8, 4) is 0 Å². The molecule has 1 amide bonds. The van der Waals surface area contributed by atoms with E-state index in [0.29, 0.717) is 30.6 Å². The molecule has 1 fully saturated rings. The fraction of sp³-hybridized carbons (Fsp3) is 0.500. The standard InChI is InChI=1S/C16H21N5O2/c1-11-5-6-14(17-8-11)19-16(22)13-4-3-7-21(9-13)10-15-18-12(2)20-23-15/h5-6,8,13H,3-4,7,9-10H2,1-2H3,(H,17,19,22)/t13-/m0/s1. The van der Waals surface area contributed by atoms with Crippen LogP contribution in [0, 0.1) is 19.8 Å². The monoisotopic (exact) mass is 315 g/mol. The molecule has 1 saturated heterocycles. The maximum Gasteiger partial charge on any atom is 0.240 e. The zero-order valence-corrected chi connectivity index (χ0v) is 13.5. The highest BCUT2D eigenvalue weighted by Crippen LogP contribution is 2.19. The Bertz CT molecular complexity index is 667. The maximum atomic E-state index is 12.4. The lowest BCUT2D eigenvalue weighted by Gasteiger charge is -2.30. The lowest BCUT2D eigenvalue weighted by atomic mass is 9.97. The summed E-state index contributed by atoms with van der Waals surface area (Å²) in [6, 6.07) is 3.77. The van der Waals surface area contributed by atoms with Crippen LogP contribution in [0.1, 0.15) is 30.1 Å². The highest BCUT2D eigenvalue weighted by Gasteiger charge is 2.27. The lowest BCUT2D eigenvalue weighted by Crippen LogP contribution is -2.40. The number of nitrogens with one attached hydrogen (secondary N) is 1. The predicted molar refractivity (Wildman–Crippen MR) is 84.6 cm³/mol. The number of likely N-dealkylation sites (tertiary alicyclic amines) is 1. The van der Waals surface area contributed by atoms with Crippen molar-refractivity contribution in [1.29, 1.82) is 0 Å². The van der Waals surface area contributed by atoms with Crippen molar-refractivity contribution in [3.63, 3.8) is 0 Å². The second-order valence-corrected chi connectivity index (χ2v) is 6.02. The van der Waals surface area contributed by atoms with Crippen LogP contribution in [-0.4, -0.2) is 39.0 Å². The Morgan fingerprint density at radius 2 is 2.30 bits per heavy atom. The summed E-state index contributed by atoms with van der Waals surface area (Å²) in [7, 11) is 0. The van der Waals surface area contributed by atoms with E-state index in [1.54, 1.807) is 13.1 Å². The van der Waals surface area contributed by atoms with E-state index in [-0.39, 0.29) is 11.8 Å². The van der Waals surface area contributed by atoms with E-state index >= 15 is 0 Å². The normalized spacial score (nSPS) is 18.8. The third kappa shape index (κ3) is 4.13. The van der Waals surface area contributed by atoms with Crippen LogP contribution in [-0.2, 0) is 11.3 Å². The zero-order chi connectivity index (χ0) is 16.2. The number of hydrogen-bond donors (Lipinski definition) is 1. The lowest BCUT2D eigenvalue weighted by molar-refractivity contribution is -0.121. The summed E-state index contributed by atoms with van der Waals surface area (Å²) in [5.41, 5.74) is 1.07. The number of nitrogens with zero attached hydrogens (tertiary/aromatic N) is 4. The molecule has 122 valence electrons. The summed E-state index contributed by atoms with van der Waals surface area (Å²) in [4.78, 5) is 23.1. The second kappa shape index (κ2) is 6.87. The minimum absolute atomic E-state index is 0.0211. The van der Waals surface area contributed by atoms with Crippen LogP contribution < -0.4 is 5.32 Å². The molecule has 2 aromatic heterocycles. The number of carbonyl (C=O) groups is 1. The van der Waals surface area contributed by atoms with Crippen molar-refractivity contribution in [1.82, 2.24) is 20.0 Å². The quantitative estimate of drug-likeness (QED) is 0.928. The molecular formula is C16H21N5O2. The molecule has 0 aliphatic carbocycles. The molecule has 0 radical (unpaired) electrons. The van der Waals surface area contributed by atoms with Crippen molar-refractivity contribution in [3.05, 3.63) is 35.6 Å². The molecule has 1 atom stereocenters. The van der Waals surface area contributed by atoms with Gasteiger partial charge in [0.25, 0.3) is 0 Å². The smallest absolute Gasteiger partial charge is 0.240 e. The van der Waals surface area contributed by atoms with Gasteiger partial charge in [0.15, 0.2) is 5.82 Å². The number of carbonyl (C=O) groups excluding carboxylic acids is 1. The largest absolute Gasteiger partial charge is 0.338 e. The van der Waals surface area contributed by atoms with Gasteiger partial charge in [-0.1, -0.05) is 11.2 Å². The molecule has 1 aliphatic rings. The van der Waals surface area contributed by atoms with Crippen LogP contribution in [0.5, 0.6) is 0 Å². The number of amides is 1. The molecule has 1 aliphatic heterocycles. The van der Waals surface area contributed by atoms with Gasteiger partial charge in [0, 0.05) is 12.7 Å². The zero-order valence-electron chi connectivity index (χ0n) is 13.5. The Morgan fingerprint density at radius 3 is 3.00 bits per heavy atom. The molecule has 0 saturated carbocycles. The second-order valence-electron chi connectivity index (χ2n) is 6.02. The van der Waals surface area contributed by atoms with E-state index in [0.717, 1.165) is 24.9 Å². The highest BCUT2D eigenvalue weighted by atomic mass is 16.5. The van der Waals surface area contributed by atoms with Crippen LogP contribution >= 0.6 is 0 Å². The Hall–Kier alpha value is -2.28. The Labute approximate surface area is 135 Å². The van der Waals surface area contributed by atoms with E-state index in [2.05, 4.69) is 25.3 Å². The van der Waals surface area contributed by atoms with Gasteiger partial charge in [-0.2, -0.15) is 4.98 Å². The summed E-state index contributed by atoms with van der Waals surface area (Å²) in [6.45, 7) is 5.99. The van der Waals surface area contributed by atoms with Crippen LogP contribution in [0.3, 0.4) is 0 Å². The van der Waals surface area contributed by atoms with Gasteiger partial charge in [0.1, 0.15) is 5.82 Å². The first kappa shape index (κ1) is 15.6. The van der Waals surface area contributed by atoms with E-state index < -0.39 is 0 Å². The third-order valence-corrected chi connectivity index (χ3v) is 3.97. The van der Waals surface area contributed by atoms with Gasteiger partial charge in [-0.05, 0) is 44.9 Å². The van der Waals surface area contributed by atoms with Gasteiger partial charge in [-0.3, -0.25) is 9.69 Å². The number of pyridine rings is 1. The van der Waals surface area contributed by atoms with Gasteiger partial charge >= 0.3 is 0 Å². The van der Waals surface area contributed by atoms with E-state index in [1.165, 1.54) is 0 Å². The molecule has 0 bridgehead atoms. The molecule has 3 heterocycles. The molecule has 23 heavy (non-hydrogen) atoms. The molecule has 0 aromatic carbocycles. The van der Waals surface area contributed by atoms with Crippen LogP contribution in [0.25, 0.3) is 0 Å². The average molecular weight is 315 g/mol. The van der Waals surface area contributed by atoms with E-state index in [1.807, 2.05) is 19.1 Å². The van der Waals surface area contributed by atoms with E-state index in [4.69, 9.17) is 4.52 Å². The SMILES string of the molecule is Cc1ccc(NC(=O)[C@H]2CCCN(Cc3nc(C)no3)C2)nc1. The van der Waals surface area contributed by atoms with Crippen LogP contribution in [0.4, 0.5) is 5.82 Å². The maximum absolute atomic E-state index is 12.4. The number of aromatic nitrogens is 3. The first-order chi connectivity index (χ1) is 11.1. The Kier molecular flexibility index (Phi) is 4.66. The van der Waals surface area contributed by atoms with Gasteiger partial charge in [0.05, 0.1) is 12.5 Å². The summed E-state index contributed by atoms with van der Waals surface area (Å²) in [6.07, 6.45) is 3.62. The molecule has 0 unspecified atom stereocenters. The number of hydrogen-bond acceptors (Lipinski definition) is 6. The number of aryl methyl sites for hydroxylation is 2. The average Bonchev–Trinajstić information content (AvgIpc) is 2.95. The van der Waals surface area contributed by atoms with Crippen LogP contribution in [0.15, 0.2) is 22.9 Å². The van der Waals surface area contributed by atoms with Gasteiger partial charge in [0.2, 0.25) is 11.8 Å². The summed E-state index contributed by atoms with van der Waals surface area (Å²) in [5, 5.41) is 6.70. The van der Waals surface area contributed by atoms with Crippen molar-refractivity contribution in [2.45, 2.75) is 33.2 Å². The van der Waals surface area contributed by atoms with Gasteiger partial charge in [-0.15, -0.1) is 0 Å². The van der Waals surface area contributed by atoms with Gasteiger partial charge in [-0.25, -0.2) is 4.98 Å². The number of anilines is 1. The summed E-state index contributed by atoms with van der Waals surface area (Å²) in [5.74, 6) is 1.81. The molecule has 1 N–H and O–H groups in total.